The highest BCUT2D eigenvalue weighted by molar-refractivity contribution is 9.08. The molecular formula is C56H53BrN2. The van der Waals surface area contributed by atoms with Gasteiger partial charge in [-0.25, -0.2) is 0 Å². The molecule has 59 heavy (non-hydrogen) atoms. The topological polar surface area (TPSA) is 9.86 Å². The zero-order valence-corrected chi connectivity index (χ0v) is 35.2. The molecule has 0 atom stereocenters. The van der Waals surface area contributed by atoms with Gasteiger partial charge in [0.05, 0.1) is 11.0 Å². The highest BCUT2D eigenvalue weighted by Gasteiger charge is 2.61. The molecule has 0 unspecified atom stereocenters. The van der Waals surface area contributed by atoms with Crippen LogP contribution in [0.15, 0.2) is 158 Å². The van der Waals surface area contributed by atoms with Gasteiger partial charge in [0.25, 0.3) is 0 Å². The summed E-state index contributed by atoms with van der Waals surface area (Å²) in [4.78, 5) is 0. The van der Waals surface area contributed by atoms with E-state index < -0.39 is 0 Å². The van der Waals surface area contributed by atoms with E-state index in [1.54, 1.807) is 11.1 Å². The van der Waals surface area contributed by atoms with E-state index in [9.17, 15) is 0 Å². The van der Waals surface area contributed by atoms with Crippen LogP contribution in [0.1, 0.15) is 56.2 Å². The lowest BCUT2D eigenvalue weighted by atomic mass is 9.43. The first-order valence-corrected chi connectivity index (χ1v) is 22.8. The molecule has 1 spiro atoms. The molecule has 0 saturated heterocycles. The lowest BCUT2D eigenvalue weighted by Crippen LogP contribution is -2.55. The Labute approximate surface area is 357 Å². The number of alkyl halides is 1. The van der Waals surface area contributed by atoms with Crippen molar-refractivity contribution in [1.82, 2.24) is 9.13 Å². The number of aryl methyl sites for hydroxylation is 2. The molecule has 3 heteroatoms. The van der Waals surface area contributed by atoms with Crippen LogP contribution in [0, 0.1) is 30.6 Å². The van der Waals surface area contributed by atoms with Crippen LogP contribution in [-0.4, -0.2) is 15.0 Å². The van der Waals surface area contributed by atoms with Crippen molar-refractivity contribution in [2.75, 3.05) is 5.83 Å². The highest BCUT2D eigenvalue weighted by Crippen LogP contribution is 2.69. The molecule has 9 aromatic rings. The number of hydrogen-bond acceptors (Lipinski definition) is 0. The molecule has 7 aromatic carbocycles. The second-order valence-corrected chi connectivity index (χ2v) is 17.5. The Balaban J connectivity index is 0.000000380. The summed E-state index contributed by atoms with van der Waals surface area (Å²) >= 11 is 2.94. The van der Waals surface area contributed by atoms with Crippen molar-refractivity contribution >= 4 is 59.5 Å². The van der Waals surface area contributed by atoms with Crippen LogP contribution in [0.2, 0.25) is 0 Å². The van der Waals surface area contributed by atoms with E-state index >= 15 is 0 Å². The van der Waals surface area contributed by atoms with Crippen molar-refractivity contribution in [3.05, 3.63) is 174 Å². The number of hydrogen-bond donors (Lipinski definition) is 0. The molecule has 0 N–H and O–H groups in total. The van der Waals surface area contributed by atoms with Gasteiger partial charge in [0.1, 0.15) is 0 Å². The van der Waals surface area contributed by atoms with Crippen molar-refractivity contribution in [3.63, 3.8) is 0 Å². The summed E-state index contributed by atoms with van der Waals surface area (Å²) < 4.78 is 4.86. The fraction of sp³-hybridized carbons (Fsp3) is 0.250. The van der Waals surface area contributed by atoms with Gasteiger partial charge in [-0.05, 0) is 150 Å². The van der Waals surface area contributed by atoms with Crippen LogP contribution >= 0.6 is 15.9 Å². The van der Waals surface area contributed by atoms with Gasteiger partial charge in [0.15, 0.2) is 0 Å². The monoisotopic (exact) mass is 832 g/mol. The maximum absolute atomic E-state index is 2.94. The molecule has 14 rings (SSSR count). The lowest BCUT2D eigenvalue weighted by Gasteiger charge is -2.61. The number of aromatic nitrogens is 2. The zero-order valence-electron chi connectivity index (χ0n) is 33.6. The SMILES string of the molecule is C.CBr.Cc1ccccc1.Cn1c2ccccc2c2cc(-c3ccc4c(c3)c3ccccc3n4-c3ccc4c(c3)C3(c5ccccc5-4)C4CC5CC(C4)CC3C5)ccc21. The van der Waals surface area contributed by atoms with Gasteiger partial charge < -0.3 is 9.13 Å². The standard InChI is InChI=1S/C47H38N2.C7H8.CH3Br.CH4/c1-48-43-12-6-3-9-37(43)39-25-30(14-18-44(39)48)31-15-19-46-40(26-31)38-10-4-7-13-45(38)49(46)34-16-17-36-35-8-2-5-11-41(35)47(42(36)27-34)32-21-28-20-29(23-32)24-33(47)22-28;1-7-5-3-2-4-6-7;1-2;/h2-19,25-29,32-33H,20-24H2,1H3;2-6H,1H3;1H3;1H4. The van der Waals surface area contributed by atoms with Crippen LogP contribution < -0.4 is 0 Å². The van der Waals surface area contributed by atoms with Crippen molar-refractivity contribution in [2.24, 2.45) is 30.7 Å². The van der Waals surface area contributed by atoms with Gasteiger partial charge in [-0.3, -0.25) is 0 Å². The number of nitrogens with zero attached hydrogens (tertiary/aromatic N) is 2. The number of rotatable bonds is 2. The van der Waals surface area contributed by atoms with Gasteiger partial charge in [0.2, 0.25) is 0 Å². The van der Waals surface area contributed by atoms with Gasteiger partial charge in [-0.1, -0.05) is 138 Å². The molecular weight excluding hydrogens is 781 g/mol. The van der Waals surface area contributed by atoms with E-state index in [0.717, 1.165) is 23.7 Å². The Morgan fingerprint density at radius 2 is 0.983 bits per heavy atom. The summed E-state index contributed by atoms with van der Waals surface area (Å²) in [5.41, 5.74) is 16.7. The van der Waals surface area contributed by atoms with Crippen LogP contribution in [0.25, 0.3) is 71.6 Å². The maximum Gasteiger partial charge on any atom is 0.0541 e. The highest BCUT2D eigenvalue weighted by atomic mass is 79.9. The second kappa shape index (κ2) is 14.7. The third-order valence-electron chi connectivity index (χ3n) is 14.7. The molecule has 2 heterocycles. The summed E-state index contributed by atoms with van der Waals surface area (Å²) in [6, 6.07) is 59.1. The quantitative estimate of drug-likeness (QED) is 0.154. The number of halogens is 1. The zero-order chi connectivity index (χ0) is 39.1. The number of benzene rings is 7. The molecule has 294 valence electrons. The van der Waals surface area contributed by atoms with Crippen LogP contribution in [0.5, 0.6) is 0 Å². The van der Waals surface area contributed by atoms with E-state index in [4.69, 9.17) is 0 Å². The van der Waals surface area contributed by atoms with E-state index in [1.807, 2.05) is 24.0 Å². The van der Waals surface area contributed by atoms with Crippen molar-refractivity contribution in [2.45, 2.75) is 51.9 Å². The largest absolute Gasteiger partial charge is 0.344 e. The number of fused-ring (bicyclic) bond motifs is 9. The Bertz CT molecular complexity index is 2990. The molecule has 0 aliphatic heterocycles. The van der Waals surface area contributed by atoms with E-state index in [-0.39, 0.29) is 12.8 Å². The molecule has 4 saturated carbocycles. The first-order valence-electron chi connectivity index (χ1n) is 21.2. The molecule has 2 nitrogen and oxygen atoms in total. The fourth-order valence-electron chi connectivity index (χ4n) is 12.6. The molecule has 0 radical (unpaired) electrons. The van der Waals surface area contributed by atoms with Gasteiger partial charge in [-0.15, -0.1) is 0 Å². The van der Waals surface area contributed by atoms with Gasteiger partial charge in [0, 0.05) is 50.7 Å². The molecule has 2 aromatic heterocycles. The maximum atomic E-state index is 2.94. The molecule has 5 aliphatic carbocycles. The molecule has 4 fully saturated rings. The van der Waals surface area contributed by atoms with E-state index in [1.165, 1.54) is 109 Å². The van der Waals surface area contributed by atoms with E-state index in [0.29, 0.717) is 0 Å². The molecule has 5 aliphatic rings. The van der Waals surface area contributed by atoms with Crippen molar-refractivity contribution in [1.29, 1.82) is 0 Å². The summed E-state index contributed by atoms with van der Waals surface area (Å²) in [5.74, 6) is 5.23. The van der Waals surface area contributed by atoms with Crippen LogP contribution in [0.3, 0.4) is 0 Å². The Kier molecular flexibility index (Phi) is 9.44. The van der Waals surface area contributed by atoms with Crippen LogP contribution in [0.4, 0.5) is 0 Å². The van der Waals surface area contributed by atoms with E-state index in [2.05, 4.69) is 179 Å². The molecule has 4 bridgehead atoms. The summed E-state index contributed by atoms with van der Waals surface area (Å²) in [6.07, 6.45) is 7.12. The first-order chi connectivity index (χ1) is 28.6. The second-order valence-electron chi connectivity index (χ2n) is 17.5. The lowest BCUT2D eigenvalue weighted by molar-refractivity contribution is -0.0399. The normalized spacial score (nSPS) is 21.8. The van der Waals surface area contributed by atoms with Gasteiger partial charge >= 0.3 is 0 Å². The first kappa shape index (κ1) is 37.9. The third-order valence-corrected chi connectivity index (χ3v) is 14.7. The minimum atomic E-state index is 0. The molecule has 0 amide bonds. The van der Waals surface area contributed by atoms with Crippen LogP contribution in [-0.2, 0) is 12.5 Å². The predicted molar refractivity (Wildman–Crippen MR) is 256 cm³/mol. The Hall–Kier alpha value is -5.38. The summed E-state index contributed by atoms with van der Waals surface area (Å²) in [7, 11) is 2.17. The fourth-order valence-corrected chi connectivity index (χ4v) is 12.6. The Morgan fingerprint density at radius 3 is 1.64 bits per heavy atom. The minimum absolute atomic E-state index is 0. The predicted octanol–water partition coefficient (Wildman–Crippen LogP) is 15.5. The van der Waals surface area contributed by atoms with Crippen molar-refractivity contribution in [3.8, 4) is 27.9 Å². The third kappa shape index (κ3) is 5.64. The summed E-state index contributed by atoms with van der Waals surface area (Å²) in [5, 5.41) is 5.27. The Morgan fingerprint density at radius 1 is 0.475 bits per heavy atom. The average molecular weight is 834 g/mol. The van der Waals surface area contributed by atoms with Gasteiger partial charge in [-0.2, -0.15) is 0 Å². The average Bonchev–Trinajstić information content (AvgIpc) is 3.87. The van der Waals surface area contributed by atoms with Crippen molar-refractivity contribution < 1.29 is 0 Å². The smallest absolute Gasteiger partial charge is 0.0541 e. The summed E-state index contributed by atoms with van der Waals surface area (Å²) in [6.45, 7) is 2.08. The number of para-hydroxylation sites is 2. The minimum Gasteiger partial charge on any atom is -0.344 e.